The molecule has 25 heavy (non-hydrogen) atoms. The highest BCUT2D eigenvalue weighted by atomic mass is 16.2. The van der Waals surface area contributed by atoms with Gasteiger partial charge in [0, 0.05) is 38.8 Å². The van der Waals surface area contributed by atoms with Crippen LogP contribution in [0.3, 0.4) is 0 Å². The molecule has 1 aromatic carbocycles. The molecule has 4 rings (SSSR count). The van der Waals surface area contributed by atoms with Crippen LogP contribution in [0.15, 0.2) is 24.3 Å². The maximum Gasteiger partial charge on any atom is 0.240 e. The Hall–Kier alpha value is -1.92. The minimum atomic E-state index is -0.146. The molecule has 3 heterocycles. The number of nitrogens with one attached hydrogen (secondary N) is 2. The number of likely N-dealkylation sites (tertiary alicyclic amines) is 1. The van der Waals surface area contributed by atoms with Gasteiger partial charge in [-0.1, -0.05) is 24.3 Å². The number of nitrogens with zero attached hydrogens (tertiary/aromatic N) is 2. The van der Waals surface area contributed by atoms with Crippen LogP contribution in [0.25, 0.3) is 0 Å². The van der Waals surface area contributed by atoms with Crippen LogP contribution in [0.5, 0.6) is 0 Å². The number of benzene rings is 1. The molecule has 0 bridgehead atoms. The normalized spacial score (nSPS) is 27.1. The molecule has 2 saturated heterocycles. The van der Waals surface area contributed by atoms with Crippen LogP contribution in [0.4, 0.5) is 0 Å². The van der Waals surface area contributed by atoms with Gasteiger partial charge in [-0.05, 0) is 30.4 Å². The SMILES string of the molecule is O=C([C@H]1Cc2ccccc2CN1)N1CCC[C@@H](N2CCNCC2=O)C1. The van der Waals surface area contributed by atoms with E-state index in [9.17, 15) is 9.59 Å². The Morgan fingerprint density at radius 1 is 1.12 bits per heavy atom. The van der Waals surface area contributed by atoms with E-state index in [2.05, 4.69) is 22.8 Å². The summed E-state index contributed by atoms with van der Waals surface area (Å²) in [6, 6.07) is 8.35. The van der Waals surface area contributed by atoms with E-state index in [0.29, 0.717) is 13.1 Å². The van der Waals surface area contributed by atoms with Crippen LogP contribution >= 0.6 is 0 Å². The van der Waals surface area contributed by atoms with Crippen molar-refractivity contribution in [1.82, 2.24) is 20.4 Å². The van der Waals surface area contributed by atoms with Crippen molar-refractivity contribution in [3.63, 3.8) is 0 Å². The molecule has 0 saturated carbocycles. The van der Waals surface area contributed by atoms with Gasteiger partial charge in [-0.15, -0.1) is 0 Å². The quantitative estimate of drug-likeness (QED) is 0.802. The van der Waals surface area contributed by atoms with Gasteiger partial charge in [-0.3, -0.25) is 9.59 Å². The van der Waals surface area contributed by atoms with Crippen molar-refractivity contribution in [1.29, 1.82) is 0 Å². The van der Waals surface area contributed by atoms with Gasteiger partial charge in [0.15, 0.2) is 0 Å². The van der Waals surface area contributed by atoms with Crippen molar-refractivity contribution < 1.29 is 9.59 Å². The Balaban J connectivity index is 1.41. The van der Waals surface area contributed by atoms with Gasteiger partial charge in [0.1, 0.15) is 0 Å². The van der Waals surface area contributed by atoms with E-state index in [1.165, 1.54) is 11.1 Å². The predicted molar refractivity (Wildman–Crippen MR) is 95.0 cm³/mol. The van der Waals surface area contributed by atoms with Crippen LogP contribution in [0, 0.1) is 0 Å². The topological polar surface area (TPSA) is 64.7 Å². The monoisotopic (exact) mass is 342 g/mol. The first-order chi connectivity index (χ1) is 12.2. The number of rotatable bonds is 2. The summed E-state index contributed by atoms with van der Waals surface area (Å²) < 4.78 is 0. The molecule has 2 atom stereocenters. The lowest BCUT2D eigenvalue weighted by Crippen LogP contribution is -2.59. The number of carbonyl (C=O) groups excluding carboxylic acids is 2. The van der Waals surface area contributed by atoms with E-state index in [0.717, 1.165) is 45.4 Å². The summed E-state index contributed by atoms with van der Waals surface area (Å²) in [5.74, 6) is 0.344. The molecule has 2 fully saturated rings. The summed E-state index contributed by atoms with van der Waals surface area (Å²) in [5.41, 5.74) is 2.56. The number of hydrogen-bond donors (Lipinski definition) is 2. The molecule has 0 spiro atoms. The molecular formula is C19H26N4O2. The number of amides is 2. The van der Waals surface area contributed by atoms with Gasteiger partial charge in [0.25, 0.3) is 0 Å². The van der Waals surface area contributed by atoms with E-state index in [1.54, 1.807) is 0 Å². The number of piperazine rings is 1. The summed E-state index contributed by atoms with van der Waals surface area (Å²) in [7, 11) is 0. The van der Waals surface area contributed by atoms with Gasteiger partial charge >= 0.3 is 0 Å². The molecule has 0 aromatic heterocycles. The van der Waals surface area contributed by atoms with Crippen molar-refractivity contribution in [3.8, 4) is 0 Å². The highest BCUT2D eigenvalue weighted by molar-refractivity contribution is 5.83. The number of carbonyl (C=O) groups is 2. The third kappa shape index (κ3) is 3.41. The average molecular weight is 342 g/mol. The van der Waals surface area contributed by atoms with Crippen molar-refractivity contribution in [2.45, 2.75) is 37.9 Å². The van der Waals surface area contributed by atoms with Crippen molar-refractivity contribution >= 4 is 11.8 Å². The average Bonchev–Trinajstić information content (AvgIpc) is 2.67. The molecule has 6 nitrogen and oxygen atoms in total. The van der Waals surface area contributed by atoms with E-state index < -0.39 is 0 Å². The molecule has 3 aliphatic rings. The minimum Gasteiger partial charge on any atom is -0.339 e. The molecule has 1 aromatic rings. The van der Waals surface area contributed by atoms with Gasteiger partial charge < -0.3 is 20.4 Å². The van der Waals surface area contributed by atoms with Crippen LogP contribution in [0.1, 0.15) is 24.0 Å². The first-order valence-electron chi connectivity index (χ1n) is 9.31. The summed E-state index contributed by atoms with van der Waals surface area (Å²) in [4.78, 5) is 29.1. The Kier molecular flexibility index (Phi) is 4.72. The standard InChI is InChI=1S/C19H26N4O2/c24-18-12-20-7-9-23(18)16-6-3-8-22(13-16)19(25)17-10-14-4-1-2-5-15(14)11-21-17/h1-2,4-5,16-17,20-21H,3,6-13H2/t16-,17-/m1/s1. The zero-order valence-corrected chi connectivity index (χ0v) is 14.5. The zero-order valence-electron chi connectivity index (χ0n) is 14.5. The lowest BCUT2D eigenvalue weighted by Gasteiger charge is -2.42. The van der Waals surface area contributed by atoms with Gasteiger partial charge in [-0.2, -0.15) is 0 Å². The fourth-order valence-corrected chi connectivity index (χ4v) is 4.27. The van der Waals surface area contributed by atoms with E-state index >= 15 is 0 Å². The largest absolute Gasteiger partial charge is 0.339 e. The molecule has 134 valence electrons. The van der Waals surface area contributed by atoms with Crippen molar-refractivity contribution in [3.05, 3.63) is 35.4 Å². The summed E-state index contributed by atoms with van der Waals surface area (Å²) in [5, 5.41) is 6.51. The second-order valence-electron chi connectivity index (χ2n) is 7.25. The molecule has 3 aliphatic heterocycles. The summed E-state index contributed by atoms with van der Waals surface area (Å²) in [6.07, 6.45) is 2.72. The highest BCUT2D eigenvalue weighted by Crippen LogP contribution is 2.21. The minimum absolute atomic E-state index is 0.146. The molecular weight excluding hydrogens is 316 g/mol. The number of fused-ring (bicyclic) bond motifs is 1. The number of hydrogen-bond acceptors (Lipinski definition) is 4. The lowest BCUT2D eigenvalue weighted by atomic mass is 9.94. The summed E-state index contributed by atoms with van der Waals surface area (Å²) >= 11 is 0. The third-order valence-electron chi connectivity index (χ3n) is 5.65. The zero-order chi connectivity index (χ0) is 17.2. The lowest BCUT2D eigenvalue weighted by molar-refractivity contribution is -0.141. The molecule has 0 radical (unpaired) electrons. The first kappa shape index (κ1) is 16.5. The smallest absolute Gasteiger partial charge is 0.240 e. The Morgan fingerprint density at radius 2 is 1.96 bits per heavy atom. The predicted octanol–water partition coefficient (Wildman–Crippen LogP) is 0.124. The van der Waals surface area contributed by atoms with Crippen LogP contribution in [-0.4, -0.2) is 66.4 Å². The number of piperidine rings is 1. The van der Waals surface area contributed by atoms with Gasteiger partial charge in [0.2, 0.25) is 11.8 Å². The second kappa shape index (κ2) is 7.14. The molecule has 6 heteroatoms. The fourth-order valence-electron chi connectivity index (χ4n) is 4.27. The van der Waals surface area contributed by atoms with E-state index in [4.69, 9.17) is 0 Å². The Labute approximate surface area is 148 Å². The van der Waals surface area contributed by atoms with Gasteiger partial charge in [-0.25, -0.2) is 0 Å². The van der Waals surface area contributed by atoms with Crippen LogP contribution < -0.4 is 10.6 Å². The van der Waals surface area contributed by atoms with Crippen molar-refractivity contribution in [2.24, 2.45) is 0 Å². The Morgan fingerprint density at radius 3 is 2.80 bits per heavy atom. The van der Waals surface area contributed by atoms with Crippen LogP contribution in [0.2, 0.25) is 0 Å². The van der Waals surface area contributed by atoms with Crippen molar-refractivity contribution in [2.75, 3.05) is 32.7 Å². The van der Waals surface area contributed by atoms with Gasteiger partial charge in [0.05, 0.1) is 12.6 Å². The van der Waals surface area contributed by atoms with E-state index in [-0.39, 0.29) is 23.9 Å². The molecule has 0 unspecified atom stereocenters. The van der Waals surface area contributed by atoms with E-state index in [1.807, 2.05) is 21.9 Å². The molecule has 2 amide bonds. The maximum absolute atomic E-state index is 13.0. The summed E-state index contributed by atoms with van der Waals surface area (Å²) in [6.45, 7) is 4.24. The Bertz CT molecular complexity index is 663. The third-order valence-corrected chi connectivity index (χ3v) is 5.65. The maximum atomic E-state index is 13.0. The molecule has 2 N–H and O–H groups in total. The fraction of sp³-hybridized carbons (Fsp3) is 0.579. The van der Waals surface area contributed by atoms with Crippen LogP contribution in [-0.2, 0) is 22.6 Å². The second-order valence-corrected chi connectivity index (χ2v) is 7.25. The highest BCUT2D eigenvalue weighted by Gasteiger charge is 2.34. The first-order valence-corrected chi connectivity index (χ1v) is 9.31. The molecule has 0 aliphatic carbocycles.